The lowest BCUT2D eigenvalue weighted by Gasteiger charge is -2.64. The molecule has 1 amide bonds. The van der Waals surface area contributed by atoms with Gasteiger partial charge in [-0.3, -0.25) is 9.69 Å². The molecule has 8 rings (SSSR count). The number of likely N-dealkylation sites (tertiary alicyclic amines) is 1. The van der Waals surface area contributed by atoms with Gasteiger partial charge < -0.3 is 25.3 Å². The van der Waals surface area contributed by atoms with E-state index in [4.69, 9.17) is 4.74 Å². The number of piperidine rings is 1. The number of aromatic nitrogens is 1. The molecule has 2 saturated carbocycles. The van der Waals surface area contributed by atoms with E-state index in [1.165, 1.54) is 18.4 Å². The molecule has 36 heavy (non-hydrogen) atoms. The molecule has 4 N–H and O–H groups in total. The van der Waals surface area contributed by atoms with Crippen molar-refractivity contribution >= 4 is 16.8 Å². The van der Waals surface area contributed by atoms with Crippen LogP contribution in [0.5, 0.6) is 11.5 Å². The molecule has 1 spiro atoms. The summed E-state index contributed by atoms with van der Waals surface area (Å²) in [6, 6.07) is 11.2. The van der Waals surface area contributed by atoms with Gasteiger partial charge >= 0.3 is 0 Å². The Morgan fingerprint density at radius 3 is 2.92 bits per heavy atom. The standard InChI is InChI=1S/C29H31N3O4/c33-22-6-4-18-14-23-29(35)9-7-21(31-27(34)19-3-5-20-17(13-19)8-11-30-20)26-28(29,24(18)25(22)36-26)10-12-32(23)15-16-1-2-16/h3-6,8,11,13,16,21,23,26,30,33,35H,1-2,7,9-10,12,14-15H2,(H,31,34)/t21-,23+,26-,28-,29+/m0/s1. The Morgan fingerprint density at radius 1 is 1.17 bits per heavy atom. The molecule has 2 bridgehead atoms. The number of nitrogens with one attached hydrogen (secondary N) is 2. The van der Waals surface area contributed by atoms with Crippen LogP contribution in [0.25, 0.3) is 10.9 Å². The number of H-pyrrole nitrogens is 1. The van der Waals surface area contributed by atoms with E-state index >= 15 is 0 Å². The van der Waals surface area contributed by atoms with Crippen LogP contribution in [0.3, 0.4) is 0 Å². The molecule has 5 aliphatic rings. The second-order valence-corrected chi connectivity index (χ2v) is 11.7. The number of ether oxygens (including phenoxy) is 1. The molecule has 1 saturated heterocycles. The van der Waals surface area contributed by atoms with E-state index in [-0.39, 0.29) is 23.7 Å². The number of carbonyl (C=O) groups excluding carboxylic acids is 1. The van der Waals surface area contributed by atoms with Gasteiger partial charge in [0, 0.05) is 40.8 Å². The number of phenolic OH excluding ortho intramolecular Hbond substituents is 1. The first-order valence-electron chi connectivity index (χ1n) is 13.3. The fourth-order valence-electron chi connectivity index (χ4n) is 8.08. The van der Waals surface area contributed by atoms with E-state index in [9.17, 15) is 15.0 Å². The van der Waals surface area contributed by atoms with Crippen LogP contribution in [-0.4, -0.2) is 62.9 Å². The first-order valence-corrected chi connectivity index (χ1v) is 13.3. The Hall–Kier alpha value is -3.03. The Kier molecular flexibility index (Phi) is 4.13. The molecule has 0 unspecified atom stereocenters. The van der Waals surface area contributed by atoms with Gasteiger partial charge in [0.25, 0.3) is 5.91 Å². The van der Waals surface area contributed by atoms with Gasteiger partial charge in [0.05, 0.1) is 17.1 Å². The monoisotopic (exact) mass is 485 g/mol. The molecule has 3 fully saturated rings. The highest BCUT2D eigenvalue weighted by molar-refractivity contribution is 5.98. The van der Waals surface area contributed by atoms with Crippen LogP contribution >= 0.6 is 0 Å². The van der Waals surface area contributed by atoms with Crippen LogP contribution in [0, 0.1) is 5.92 Å². The highest BCUT2D eigenvalue weighted by Crippen LogP contribution is 2.65. The number of hydrogen-bond donors (Lipinski definition) is 4. The summed E-state index contributed by atoms with van der Waals surface area (Å²) in [5.74, 6) is 1.26. The van der Waals surface area contributed by atoms with Gasteiger partial charge in [0.1, 0.15) is 6.10 Å². The minimum atomic E-state index is -0.942. The van der Waals surface area contributed by atoms with Crippen molar-refractivity contribution in [1.82, 2.24) is 15.2 Å². The number of amides is 1. The minimum Gasteiger partial charge on any atom is -0.504 e. The number of aliphatic hydroxyl groups is 1. The van der Waals surface area contributed by atoms with Gasteiger partial charge in [-0.2, -0.15) is 0 Å². The van der Waals surface area contributed by atoms with Crippen molar-refractivity contribution < 1.29 is 19.7 Å². The van der Waals surface area contributed by atoms with Crippen molar-refractivity contribution in [2.24, 2.45) is 5.92 Å². The molecule has 0 radical (unpaired) electrons. The summed E-state index contributed by atoms with van der Waals surface area (Å²) in [7, 11) is 0. The molecule has 7 nitrogen and oxygen atoms in total. The Morgan fingerprint density at radius 2 is 2.06 bits per heavy atom. The fraction of sp³-hybridized carbons (Fsp3) is 0.483. The van der Waals surface area contributed by atoms with Gasteiger partial charge in [-0.05, 0) is 86.9 Å². The molecule has 2 aromatic carbocycles. The van der Waals surface area contributed by atoms with Crippen molar-refractivity contribution in [2.45, 2.75) is 67.7 Å². The molecule has 5 atom stereocenters. The number of aromatic hydroxyl groups is 1. The molecular formula is C29H31N3O4. The smallest absolute Gasteiger partial charge is 0.251 e. The fourth-order valence-corrected chi connectivity index (χ4v) is 8.08. The zero-order chi connectivity index (χ0) is 24.2. The number of phenols is 1. The average molecular weight is 486 g/mol. The molecular weight excluding hydrogens is 454 g/mol. The SMILES string of the molecule is O=C(N[C@H]1CC[C@@]2(O)[C@H]3Cc4ccc(O)c5c4[C@@]2(CCN3CC2CC2)[C@H]1O5)c1ccc2[nH]ccc2c1. The van der Waals surface area contributed by atoms with Crippen LogP contribution < -0.4 is 10.1 Å². The summed E-state index contributed by atoms with van der Waals surface area (Å²) >= 11 is 0. The summed E-state index contributed by atoms with van der Waals surface area (Å²) in [5, 5.41) is 27.6. The lowest BCUT2D eigenvalue weighted by molar-refractivity contribution is -0.191. The van der Waals surface area contributed by atoms with Crippen molar-refractivity contribution in [2.75, 3.05) is 13.1 Å². The van der Waals surface area contributed by atoms with E-state index in [1.54, 1.807) is 6.07 Å². The van der Waals surface area contributed by atoms with Gasteiger partial charge in [-0.25, -0.2) is 0 Å². The third-order valence-electron chi connectivity index (χ3n) is 9.89. The van der Waals surface area contributed by atoms with E-state index in [2.05, 4.69) is 15.2 Å². The van der Waals surface area contributed by atoms with Crippen molar-refractivity contribution in [1.29, 1.82) is 0 Å². The molecule has 1 aromatic heterocycles. The number of benzene rings is 2. The van der Waals surface area contributed by atoms with Crippen LogP contribution in [-0.2, 0) is 11.8 Å². The van der Waals surface area contributed by atoms with Gasteiger partial charge in [0.15, 0.2) is 11.5 Å². The van der Waals surface area contributed by atoms with Gasteiger partial charge in [-0.15, -0.1) is 0 Å². The number of carbonyl (C=O) groups is 1. The van der Waals surface area contributed by atoms with Crippen LogP contribution in [0.2, 0.25) is 0 Å². The maximum Gasteiger partial charge on any atom is 0.251 e. The third-order valence-corrected chi connectivity index (χ3v) is 9.89. The van der Waals surface area contributed by atoms with Crippen molar-refractivity contribution in [3.8, 4) is 11.5 Å². The quantitative estimate of drug-likeness (QED) is 0.455. The minimum absolute atomic E-state index is 0.0357. The number of rotatable bonds is 4. The lowest BCUT2D eigenvalue weighted by Crippen LogP contribution is -2.78. The van der Waals surface area contributed by atoms with E-state index in [0.29, 0.717) is 24.2 Å². The Balaban J connectivity index is 1.18. The van der Waals surface area contributed by atoms with Crippen molar-refractivity contribution in [3.05, 3.63) is 59.3 Å². The summed E-state index contributed by atoms with van der Waals surface area (Å²) in [4.78, 5) is 19.1. The van der Waals surface area contributed by atoms with Crippen LogP contribution in [0.4, 0.5) is 0 Å². The Bertz CT molecular complexity index is 1410. The second-order valence-electron chi connectivity index (χ2n) is 11.7. The normalized spacial score (nSPS) is 34.3. The summed E-state index contributed by atoms with van der Waals surface area (Å²) in [6.45, 7) is 1.96. The molecule has 3 aliphatic carbocycles. The zero-order valence-electron chi connectivity index (χ0n) is 20.2. The van der Waals surface area contributed by atoms with E-state index < -0.39 is 17.1 Å². The predicted octanol–water partition coefficient (Wildman–Crippen LogP) is 3.24. The third kappa shape index (κ3) is 2.62. The maximum atomic E-state index is 13.4. The number of aromatic amines is 1. The number of fused-ring (bicyclic) bond motifs is 1. The molecule has 186 valence electrons. The highest BCUT2D eigenvalue weighted by Gasteiger charge is 2.73. The first kappa shape index (κ1) is 21.1. The topological polar surface area (TPSA) is 97.8 Å². The van der Waals surface area contributed by atoms with Crippen molar-refractivity contribution in [3.63, 3.8) is 0 Å². The molecule has 7 heteroatoms. The van der Waals surface area contributed by atoms with Gasteiger partial charge in [0.2, 0.25) is 0 Å². The molecule has 2 aliphatic heterocycles. The lowest BCUT2D eigenvalue weighted by atomic mass is 9.48. The largest absolute Gasteiger partial charge is 0.504 e. The van der Waals surface area contributed by atoms with E-state index in [1.807, 2.05) is 36.5 Å². The highest BCUT2D eigenvalue weighted by atomic mass is 16.5. The summed E-state index contributed by atoms with van der Waals surface area (Å²) in [6.07, 6.45) is 6.82. The first-order chi connectivity index (χ1) is 17.5. The Labute approximate surface area is 209 Å². The average Bonchev–Trinajstić information content (AvgIpc) is 3.42. The number of nitrogens with zero attached hydrogens (tertiary/aromatic N) is 1. The second kappa shape index (κ2) is 7.05. The molecule has 3 aromatic rings. The summed E-state index contributed by atoms with van der Waals surface area (Å²) in [5.41, 5.74) is 2.20. The van der Waals surface area contributed by atoms with Crippen LogP contribution in [0.15, 0.2) is 42.6 Å². The summed E-state index contributed by atoms with van der Waals surface area (Å²) < 4.78 is 6.56. The predicted molar refractivity (Wildman–Crippen MR) is 134 cm³/mol. The zero-order valence-corrected chi connectivity index (χ0v) is 20.2. The van der Waals surface area contributed by atoms with E-state index in [0.717, 1.165) is 48.3 Å². The maximum absolute atomic E-state index is 13.4. The van der Waals surface area contributed by atoms with Crippen LogP contribution in [0.1, 0.15) is 53.6 Å². The molecule has 3 heterocycles. The van der Waals surface area contributed by atoms with Gasteiger partial charge in [-0.1, -0.05) is 6.07 Å². The number of hydrogen-bond acceptors (Lipinski definition) is 5.